The number of hydrogen-bond acceptors (Lipinski definition) is 4. The molecule has 2 N–H and O–H groups in total. The highest BCUT2D eigenvalue weighted by molar-refractivity contribution is 5.96. The first-order chi connectivity index (χ1) is 15.6. The Bertz CT molecular complexity index is 952. The minimum atomic E-state index is -0.380. The third kappa shape index (κ3) is 7.41. The average molecular weight is 451 g/mol. The Morgan fingerprint density at radius 3 is 2.39 bits per heavy atom. The van der Waals surface area contributed by atoms with E-state index in [0.29, 0.717) is 6.54 Å². The zero-order valence-electron chi connectivity index (χ0n) is 20.6. The maximum absolute atomic E-state index is 13.6. The van der Waals surface area contributed by atoms with Gasteiger partial charge in [0.15, 0.2) is 0 Å². The smallest absolute Gasteiger partial charge is 0.246 e. The molecule has 1 fully saturated rings. The Morgan fingerprint density at radius 2 is 1.70 bits per heavy atom. The van der Waals surface area contributed by atoms with Crippen molar-refractivity contribution < 1.29 is 9.59 Å². The van der Waals surface area contributed by atoms with E-state index in [1.807, 2.05) is 77.1 Å². The molecule has 2 aromatic carbocycles. The molecule has 2 aromatic rings. The summed E-state index contributed by atoms with van der Waals surface area (Å²) in [6.07, 6.45) is 0.906. The van der Waals surface area contributed by atoms with Crippen LogP contribution in [-0.4, -0.2) is 59.9 Å². The predicted octanol–water partition coefficient (Wildman–Crippen LogP) is 3.91. The van der Waals surface area contributed by atoms with Gasteiger partial charge in [-0.2, -0.15) is 0 Å². The normalized spacial score (nSPS) is 16.6. The second-order valence-electron chi connectivity index (χ2n) is 10.1. The Morgan fingerprint density at radius 1 is 0.970 bits per heavy atom. The maximum atomic E-state index is 13.6. The highest BCUT2D eigenvalue weighted by Crippen LogP contribution is 2.26. The topological polar surface area (TPSA) is 64.7 Å². The Balaban J connectivity index is 1.74. The Labute approximate surface area is 198 Å². The van der Waals surface area contributed by atoms with Crippen LogP contribution in [0, 0.1) is 13.8 Å². The first-order valence-electron chi connectivity index (χ1n) is 11.8. The molecular weight excluding hydrogens is 412 g/mol. The number of hydrogen-bond donors (Lipinski definition) is 2. The molecule has 6 nitrogen and oxygen atoms in total. The van der Waals surface area contributed by atoms with E-state index < -0.39 is 0 Å². The van der Waals surface area contributed by atoms with Crippen LogP contribution in [0.1, 0.15) is 49.9 Å². The van der Waals surface area contributed by atoms with Crippen LogP contribution < -0.4 is 10.6 Å². The highest BCUT2D eigenvalue weighted by Gasteiger charge is 2.30. The molecule has 33 heavy (non-hydrogen) atoms. The van der Waals surface area contributed by atoms with Crippen molar-refractivity contribution in [1.82, 2.24) is 15.1 Å². The zero-order chi connectivity index (χ0) is 24.0. The second kappa shape index (κ2) is 10.9. The number of anilines is 1. The van der Waals surface area contributed by atoms with E-state index in [-0.39, 0.29) is 23.4 Å². The number of nitrogens with zero attached hydrogens (tertiary/aromatic N) is 2. The lowest BCUT2D eigenvalue weighted by atomic mass is 10.0. The van der Waals surface area contributed by atoms with Crippen molar-refractivity contribution in [1.29, 1.82) is 0 Å². The van der Waals surface area contributed by atoms with Gasteiger partial charge in [0, 0.05) is 30.9 Å². The number of amides is 2. The van der Waals surface area contributed by atoms with Crippen LogP contribution in [0.3, 0.4) is 0 Å². The standard InChI is InChI=1S/C27H38N4O2/c1-20-12-13-21(2)23(18-20)28-26(33)25(22-10-7-6-8-11-22)31-15-9-14-30(16-17-31)19-24(32)29-27(3,4)5/h6-8,10-13,18,25H,9,14-17,19H2,1-5H3,(H,28,33)(H,29,32)/t25-/m1/s1. The lowest BCUT2D eigenvalue weighted by Gasteiger charge is -2.30. The van der Waals surface area contributed by atoms with Gasteiger partial charge in [0.2, 0.25) is 11.8 Å². The molecule has 0 radical (unpaired) electrons. The minimum Gasteiger partial charge on any atom is -0.350 e. The molecule has 1 atom stereocenters. The first-order valence-corrected chi connectivity index (χ1v) is 11.8. The summed E-state index contributed by atoms with van der Waals surface area (Å²) in [4.78, 5) is 30.4. The van der Waals surface area contributed by atoms with Gasteiger partial charge >= 0.3 is 0 Å². The first kappa shape index (κ1) is 24.9. The van der Waals surface area contributed by atoms with Crippen LogP contribution in [0.2, 0.25) is 0 Å². The van der Waals surface area contributed by atoms with Crippen molar-refractivity contribution in [3.63, 3.8) is 0 Å². The number of carbonyl (C=O) groups is 2. The molecule has 0 aromatic heterocycles. The van der Waals surface area contributed by atoms with E-state index >= 15 is 0 Å². The minimum absolute atomic E-state index is 0.0196. The van der Waals surface area contributed by atoms with Crippen LogP contribution in [0.15, 0.2) is 48.5 Å². The van der Waals surface area contributed by atoms with Crippen LogP contribution in [0.25, 0.3) is 0 Å². The van der Waals surface area contributed by atoms with Gasteiger partial charge in [0.1, 0.15) is 6.04 Å². The fraction of sp³-hybridized carbons (Fsp3) is 0.481. The Hall–Kier alpha value is -2.70. The largest absolute Gasteiger partial charge is 0.350 e. The molecule has 2 amide bonds. The maximum Gasteiger partial charge on any atom is 0.246 e. The molecule has 178 valence electrons. The lowest BCUT2D eigenvalue weighted by Crippen LogP contribution is -2.46. The fourth-order valence-corrected chi connectivity index (χ4v) is 4.30. The second-order valence-corrected chi connectivity index (χ2v) is 10.1. The van der Waals surface area contributed by atoms with Gasteiger partial charge in [-0.15, -0.1) is 0 Å². The van der Waals surface area contributed by atoms with Crippen LogP contribution >= 0.6 is 0 Å². The number of carbonyl (C=O) groups excluding carboxylic acids is 2. The molecule has 6 heteroatoms. The van der Waals surface area contributed by atoms with Crippen LogP contribution in [0.4, 0.5) is 5.69 Å². The molecule has 1 heterocycles. The number of nitrogens with one attached hydrogen (secondary N) is 2. The third-order valence-electron chi connectivity index (χ3n) is 5.88. The summed E-state index contributed by atoms with van der Waals surface area (Å²) in [5.41, 5.74) is 3.77. The van der Waals surface area contributed by atoms with Crippen molar-refractivity contribution in [3.05, 3.63) is 65.2 Å². The third-order valence-corrected chi connectivity index (χ3v) is 5.88. The SMILES string of the molecule is Cc1ccc(C)c(NC(=O)[C@@H](c2ccccc2)N2CCCN(CC(=O)NC(C)(C)C)CC2)c1. The molecule has 0 saturated carbocycles. The summed E-state index contributed by atoms with van der Waals surface area (Å²) < 4.78 is 0. The van der Waals surface area contributed by atoms with E-state index in [0.717, 1.165) is 55.0 Å². The molecule has 0 unspecified atom stereocenters. The van der Waals surface area contributed by atoms with Crippen molar-refractivity contribution in [2.24, 2.45) is 0 Å². The zero-order valence-corrected chi connectivity index (χ0v) is 20.6. The number of rotatable bonds is 6. The molecule has 0 bridgehead atoms. The van der Waals surface area contributed by atoms with E-state index in [2.05, 4.69) is 26.5 Å². The van der Waals surface area contributed by atoms with E-state index in [4.69, 9.17) is 0 Å². The van der Waals surface area contributed by atoms with Crippen molar-refractivity contribution >= 4 is 17.5 Å². The molecule has 1 aliphatic heterocycles. The van der Waals surface area contributed by atoms with Crippen molar-refractivity contribution in [3.8, 4) is 0 Å². The van der Waals surface area contributed by atoms with Gasteiger partial charge in [-0.1, -0.05) is 42.5 Å². The molecular formula is C27H38N4O2. The Kier molecular flexibility index (Phi) is 8.27. The summed E-state index contributed by atoms with van der Waals surface area (Å²) in [5.74, 6) is 0.0250. The van der Waals surface area contributed by atoms with Gasteiger partial charge < -0.3 is 10.6 Å². The monoisotopic (exact) mass is 450 g/mol. The number of benzene rings is 2. The van der Waals surface area contributed by atoms with Crippen LogP contribution in [-0.2, 0) is 9.59 Å². The van der Waals surface area contributed by atoms with Crippen molar-refractivity contribution in [2.45, 2.75) is 52.6 Å². The quantitative estimate of drug-likeness (QED) is 0.701. The molecule has 0 aliphatic carbocycles. The fourth-order valence-electron chi connectivity index (χ4n) is 4.30. The molecule has 1 saturated heterocycles. The van der Waals surface area contributed by atoms with Crippen LogP contribution in [0.5, 0.6) is 0 Å². The number of aryl methyl sites for hydroxylation is 2. The molecule has 1 aliphatic rings. The molecule has 0 spiro atoms. The van der Waals surface area contributed by atoms with E-state index in [9.17, 15) is 9.59 Å². The van der Waals surface area contributed by atoms with Crippen molar-refractivity contribution in [2.75, 3.05) is 38.0 Å². The van der Waals surface area contributed by atoms with Gasteiger partial charge in [0.25, 0.3) is 0 Å². The summed E-state index contributed by atoms with van der Waals surface area (Å²) in [6, 6.07) is 15.7. The summed E-state index contributed by atoms with van der Waals surface area (Å²) in [5, 5.41) is 6.22. The highest BCUT2D eigenvalue weighted by atomic mass is 16.2. The predicted molar refractivity (Wildman–Crippen MR) is 134 cm³/mol. The van der Waals surface area contributed by atoms with E-state index in [1.54, 1.807) is 0 Å². The van der Waals surface area contributed by atoms with Gasteiger partial charge in [0.05, 0.1) is 6.54 Å². The summed E-state index contributed by atoms with van der Waals surface area (Å²) >= 11 is 0. The molecule has 3 rings (SSSR count). The lowest BCUT2D eigenvalue weighted by molar-refractivity contribution is -0.124. The summed E-state index contributed by atoms with van der Waals surface area (Å²) in [7, 11) is 0. The van der Waals surface area contributed by atoms with Gasteiger partial charge in [-0.3, -0.25) is 19.4 Å². The van der Waals surface area contributed by atoms with Gasteiger partial charge in [-0.25, -0.2) is 0 Å². The summed E-state index contributed by atoms with van der Waals surface area (Å²) in [6.45, 7) is 13.5. The van der Waals surface area contributed by atoms with E-state index in [1.165, 1.54) is 0 Å². The average Bonchev–Trinajstić information content (AvgIpc) is 2.96. The van der Waals surface area contributed by atoms with Gasteiger partial charge in [-0.05, 0) is 70.3 Å².